The van der Waals surface area contributed by atoms with Crippen LogP contribution in [0.2, 0.25) is 0 Å². The quantitative estimate of drug-likeness (QED) is 0.419. The molecule has 2 fully saturated rings. The van der Waals surface area contributed by atoms with Crippen molar-refractivity contribution in [3.05, 3.63) is 54.3 Å². The molecule has 3 aliphatic rings. The van der Waals surface area contributed by atoms with Gasteiger partial charge in [-0.25, -0.2) is 13.1 Å². The Hall–Kier alpha value is -3.53. The van der Waals surface area contributed by atoms with Gasteiger partial charge in [0.25, 0.3) is 21.8 Å². The molecule has 3 amide bonds. The molecule has 1 saturated carbocycles. The van der Waals surface area contributed by atoms with Crippen molar-refractivity contribution in [1.82, 2.24) is 9.73 Å². The number of nitrogens with one attached hydrogen (secondary N) is 1. The highest BCUT2D eigenvalue weighted by molar-refractivity contribution is 7.90. The maximum Gasteiger partial charge on any atom is 0.264 e. The van der Waals surface area contributed by atoms with Gasteiger partial charge in [-0.1, -0.05) is 12.2 Å². The molecule has 2 aliphatic carbocycles. The number of furan rings is 1. The van der Waals surface area contributed by atoms with Crippen molar-refractivity contribution in [3.8, 4) is 11.3 Å². The zero-order valence-electron chi connectivity index (χ0n) is 17.0. The van der Waals surface area contributed by atoms with E-state index in [0.717, 1.165) is 18.4 Å². The molecule has 2 heterocycles. The predicted molar refractivity (Wildman–Crippen MR) is 112 cm³/mol. The van der Waals surface area contributed by atoms with E-state index in [2.05, 4.69) is 5.10 Å². The molecule has 164 valence electrons. The maximum atomic E-state index is 12.7. The van der Waals surface area contributed by atoms with Gasteiger partial charge in [0, 0.05) is 12.5 Å². The summed E-state index contributed by atoms with van der Waals surface area (Å²) in [5, 5.41) is 5.03. The highest BCUT2D eigenvalue weighted by Gasteiger charge is 2.59. The number of hydrogen-bond donors (Lipinski definition) is 1. The van der Waals surface area contributed by atoms with E-state index in [9.17, 15) is 22.8 Å². The lowest BCUT2D eigenvalue weighted by atomic mass is 9.85. The van der Waals surface area contributed by atoms with Crippen molar-refractivity contribution in [3.63, 3.8) is 0 Å². The highest BCUT2D eigenvalue weighted by atomic mass is 32.2. The summed E-state index contributed by atoms with van der Waals surface area (Å²) in [5.41, 5.74) is 0.608. The van der Waals surface area contributed by atoms with Gasteiger partial charge < -0.3 is 4.42 Å². The number of imide groups is 1. The Balaban J connectivity index is 1.31. The molecule has 5 rings (SSSR count). The summed E-state index contributed by atoms with van der Waals surface area (Å²) >= 11 is 0. The molecule has 1 aromatic carbocycles. The van der Waals surface area contributed by atoms with Crippen LogP contribution in [0.5, 0.6) is 0 Å². The van der Waals surface area contributed by atoms with E-state index in [4.69, 9.17) is 4.42 Å². The first-order valence-corrected chi connectivity index (χ1v) is 11.6. The fourth-order valence-electron chi connectivity index (χ4n) is 4.74. The minimum Gasteiger partial charge on any atom is -0.455 e. The van der Waals surface area contributed by atoms with Crippen molar-refractivity contribution < 1.29 is 27.2 Å². The van der Waals surface area contributed by atoms with Crippen molar-refractivity contribution in [2.24, 2.45) is 28.8 Å². The second-order valence-electron chi connectivity index (χ2n) is 8.12. The van der Waals surface area contributed by atoms with Crippen LogP contribution in [0, 0.1) is 23.7 Å². The van der Waals surface area contributed by atoms with Gasteiger partial charge in [-0.3, -0.25) is 14.4 Å². The van der Waals surface area contributed by atoms with Crippen molar-refractivity contribution in [1.29, 1.82) is 0 Å². The van der Waals surface area contributed by atoms with Crippen LogP contribution in [0.1, 0.15) is 19.1 Å². The third-order valence-corrected chi connectivity index (χ3v) is 7.55. The van der Waals surface area contributed by atoms with Gasteiger partial charge in [0.05, 0.1) is 22.9 Å². The first-order chi connectivity index (χ1) is 15.2. The Morgan fingerprint density at radius 3 is 2.28 bits per heavy atom. The lowest BCUT2D eigenvalue weighted by molar-refractivity contribution is -0.140. The van der Waals surface area contributed by atoms with Crippen LogP contribution in [0.25, 0.3) is 11.3 Å². The van der Waals surface area contributed by atoms with Gasteiger partial charge in [0.15, 0.2) is 0 Å². The number of rotatable bonds is 5. The average Bonchev–Trinajstić information content (AvgIpc) is 3.51. The zero-order chi connectivity index (χ0) is 22.6. The number of fused-ring (bicyclic) bond motifs is 5. The number of allylic oxidation sites excluding steroid dienone is 2. The number of carbonyl (C=O) groups excluding carboxylic acids is 3. The summed E-state index contributed by atoms with van der Waals surface area (Å²) in [7, 11) is -3.92. The number of carbonyl (C=O) groups is 3. The number of hydrogen-bond acceptors (Lipinski definition) is 7. The average molecular weight is 453 g/mol. The highest BCUT2D eigenvalue weighted by Crippen LogP contribution is 2.52. The van der Waals surface area contributed by atoms with Gasteiger partial charge in [-0.05, 0) is 54.7 Å². The molecule has 32 heavy (non-hydrogen) atoms. The molecular formula is C22H19N3O6S. The summed E-state index contributed by atoms with van der Waals surface area (Å²) in [6, 6.07) is 9.13. The third kappa shape index (κ3) is 3.27. The molecule has 9 nitrogen and oxygen atoms in total. The first kappa shape index (κ1) is 20.4. The molecule has 2 aromatic rings. The zero-order valence-corrected chi connectivity index (χ0v) is 17.8. The fraction of sp³-hybridized carbons (Fsp3) is 0.273. The van der Waals surface area contributed by atoms with Gasteiger partial charge in [0.1, 0.15) is 11.5 Å². The topological polar surface area (TPSA) is 126 Å². The molecule has 0 spiro atoms. The van der Waals surface area contributed by atoms with Gasteiger partial charge in [-0.15, -0.1) is 0 Å². The van der Waals surface area contributed by atoms with E-state index >= 15 is 0 Å². The number of benzene rings is 1. The van der Waals surface area contributed by atoms with Crippen LogP contribution < -0.4 is 4.72 Å². The number of nitrogens with zero attached hydrogens (tertiary/aromatic N) is 2. The van der Waals surface area contributed by atoms with Gasteiger partial charge in [0.2, 0.25) is 5.91 Å². The van der Waals surface area contributed by atoms with Gasteiger partial charge in [-0.2, -0.15) is 10.1 Å². The molecule has 0 unspecified atom stereocenters. The summed E-state index contributed by atoms with van der Waals surface area (Å²) < 4.78 is 31.7. The molecule has 10 heteroatoms. The van der Waals surface area contributed by atoms with E-state index in [1.54, 1.807) is 24.3 Å². The fourth-order valence-corrected chi connectivity index (χ4v) is 5.73. The van der Waals surface area contributed by atoms with Crippen molar-refractivity contribution in [2.45, 2.75) is 18.2 Å². The first-order valence-electron chi connectivity index (χ1n) is 10.1. The summed E-state index contributed by atoms with van der Waals surface area (Å²) in [4.78, 5) is 36.3. The second-order valence-corrected chi connectivity index (χ2v) is 9.80. The minimum atomic E-state index is -3.92. The molecule has 0 radical (unpaired) electrons. The minimum absolute atomic E-state index is 0.0511. The monoisotopic (exact) mass is 453 g/mol. The predicted octanol–water partition coefficient (Wildman–Crippen LogP) is 1.91. The SMILES string of the molecule is CC(=O)NS(=O)(=O)c1ccc(-c2ccc(C=NN3C(=O)[C@@H]4[C@H](C3=O)[C@H]3C=C[C@H]4C3)o2)cc1. The maximum absolute atomic E-state index is 12.7. The molecular weight excluding hydrogens is 434 g/mol. The standard InChI is InChI=1S/C22H19N3O6S/c1-12(26)24-32(29,30)17-7-4-13(5-8-17)18-9-6-16(31-18)11-23-25-21(27)19-14-2-3-15(10-14)20(19)22(25)28/h2-9,11,14-15,19-20H,10H2,1H3,(H,24,26)/t14-,15-,19-,20+/m0/s1. The molecule has 4 atom stereocenters. The molecule has 1 aliphatic heterocycles. The Bertz CT molecular complexity index is 1260. The smallest absolute Gasteiger partial charge is 0.264 e. The second kappa shape index (κ2) is 7.27. The summed E-state index contributed by atoms with van der Waals surface area (Å²) in [5.74, 6) is -0.799. The lowest BCUT2D eigenvalue weighted by Gasteiger charge is -2.13. The lowest BCUT2D eigenvalue weighted by Crippen LogP contribution is -2.28. The van der Waals surface area contributed by atoms with E-state index in [1.807, 2.05) is 16.9 Å². The summed E-state index contributed by atoms with van der Waals surface area (Å²) in [6.07, 6.45) is 6.23. The Morgan fingerprint density at radius 2 is 1.69 bits per heavy atom. The van der Waals surface area contributed by atoms with Crippen LogP contribution >= 0.6 is 0 Å². The van der Waals surface area contributed by atoms with E-state index < -0.39 is 15.9 Å². The van der Waals surface area contributed by atoms with Crippen LogP contribution in [0.4, 0.5) is 0 Å². The summed E-state index contributed by atoms with van der Waals surface area (Å²) in [6.45, 7) is 1.12. The van der Waals surface area contributed by atoms with E-state index in [1.165, 1.54) is 18.3 Å². The van der Waals surface area contributed by atoms with Crippen molar-refractivity contribution in [2.75, 3.05) is 0 Å². The van der Waals surface area contributed by atoms with Crippen LogP contribution in [0.3, 0.4) is 0 Å². The Morgan fingerprint density at radius 1 is 1.06 bits per heavy atom. The van der Waals surface area contributed by atoms with E-state index in [-0.39, 0.29) is 40.4 Å². The molecule has 2 bridgehead atoms. The Kier molecular flexibility index (Phi) is 4.63. The van der Waals surface area contributed by atoms with E-state index in [0.29, 0.717) is 17.1 Å². The molecule has 1 saturated heterocycles. The third-order valence-electron chi connectivity index (χ3n) is 6.10. The largest absolute Gasteiger partial charge is 0.455 e. The Labute approximate surface area is 183 Å². The number of hydrazone groups is 1. The van der Waals surface area contributed by atoms with Crippen LogP contribution in [-0.4, -0.2) is 37.4 Å². The number of sulfonamides is 1. The van der Waals surface area contributed by atoms with Gasteiger partial charge >= 0.3 is 0 Å². The van der Waals surface area contributed by atoms with Crippen molar-refractivity contribution >= 4 is 34.0 Å². The molecule has 1 N–H and O–H groups in total. The van der Waals surface area contributed by atoms with Crippen LogP contribution in [-0.2, 0) is 24.4 Å². The normalized spacial score (nSPS) is 26.3. The van der Waals surface area contributed by atoms with Crippen LogP contribution in [0.15, 0.2) is 63.0 Å². The number of amides is 3. The molecule has 1 aromatic heterocycles.